The topological polar surface area (TPSA) is 123 Å². The van der Waals surface area contributed by atoms with Crippen LogP contribution in [0.15, 0.2) is 66.2 Å². The standard InChI is InChI=1S/C30H27Cl2N3O7/c1-3-13-41-25-12-10-19(16-26(25)40-4-2)35-29(38)20(28(37)34-30(35)39)14-18-9-11-24(22(32)15-18)42-17-27(36)33-23-8-6-5-7-21(23)31/h5-12,14-16H,3-4,13,17H2,1-2H3,(H,33,36)(H,34,37,39)/b20-14+. The van der Waals surface area contributed by atoms with Gasteiger partial charge in [-0.1, -0.05) is 48.3 Å². The number of barbiturate groups is 1. The molecule has 5 amide bonds. The molecule has 1 aliphatic heterocycles. The molecule has 0 unspecified atom stereocenters. The Morgan fingerprint density at radius 3 is 2.38 bits per heavy atom. The molecule has 42 heavy (non-hydrogen) atoms. The Morgan fingerprint density at radius 2 is 1.67 bits per heavy atom. The smallest absolute Gasteiger partial charge is 0.335 e. The number of benzene rings is 3. The number of hydrogen-bond acceptors (Lipinski definition) is 7. The number of para-hydroxylation sites is 1. The molecule has 3 aromatic carbocycles. The van der Waals surface area contributed by atoms with Crippen molar-refractivity contribution in [3.05, 3.63) is 81.8 Å². The first-order valence-electron chi connectivity index (χ1n) is 13.0. The maximum Gasteiger partial charge on any atom is 0.335 e. The summed E-state index contributed by atoms with van der Waals surface area (Å²) >= 11 is 12.4. The molecule has 1 aliphatic rings. The van der Waals surface area contributed by atoms with Crippen LogP contribution < -0.4 is 29.7 Å². The molecule has 0 aliphatic carbocycles. The largest absolute Gasteiger partial charge is 0.490 e. The number of imide groups is 2. The Hall–Kier alpha value is -4.54. The zero-order valence-electron chi connectivity index (χ0n) is 22.7. The Bertz CT molecular complexity index is 1560. The summed E-state index contributed by atoms with van der Waals surface area (Å²) in [5.41, 5.74) is 0.737. The van der Waals surface area contributed by atoms with Gasteiger partial charge in [-0.25, -0.2) is 9.69 Å². The molecule has 4 rings (SSSR count). The highest BCUT2D eigenvalue weighted by Crippen LogP contribution is 2.34. The molecule has 0 bridgehead atoms. The van der Waals surface area contributed by atoms with Crippen molar-refractivity contribution in [1.82, 2.24) is 5.32 Å². The van der Waals surface area contributed by atoms with Crippen molar-refractivity contribution in [1.29, 1.82) is 0 Å². The zero-order valence-corrected chi connectivity index (χ0v) is 24.3. The highest BCUT2D eigenvalue weighted by molar-refractivity contribution is 6.39. The monoisotopic (exact) mass is 611 g/mol. The van der Waals surface area contributed by atoms with Crippen molar-refractivity contribution in [2.75, 3.05) is 30.0 Å². The molecular formula is C30H27Cl2N3O7. The van der Waals surface area contributed by atoms with E-state index in [1.807, 2.05) is 6.92 Å². The van der Waals surface area contributed by atoms with Gasteiger partial charge in [-0.15, -0.1) is 0 Å². The lowest BCUT2D eigenvalue weighted by molar-refractivity contribution is -0.122. The highest BCUT2D eigenvalue weighted by Gasteiger charge is 2.37. The number of anilines is 2. The number of hydrogen-bond donors (Lipinski definition) is 2. The predicted molar refractivity (Wildman–Crippen MR) is 159 cm³/mol. The Labute approximate surface area is 252 Å². The van der Waals surface area contributed by atoms with Gasteiger partial charge < -0.3 is 19.5 Å². The fourth-order valence-electron chi connectivity index (χ4n) is 3.91. The van der Waals surface area contributed by atoms with Crippen LogP contribution in [0.4, 0.5) is 16.2 Å². The SMILES string of the molecule is CCCOc1ccc(N2C(=O)NC(=O)/C(=C\c3ccc(OCC(=O)Nc4ccccc4Cl)c(Cl)c3)C2=O)cc1OCC. The minimum atomic E-state index is -0.899. The number of nitrogens with zero attached hydrogens (tertiary/aromatic N) is 1. The lowest BCUT2D eigenvalue weighted by Gasteiger charge is -2.27. The van der Waals surface area contributed by atoms with Crippen molar-refractivity contribution in [3.8, 4) is 17.2 Å². The average molecular weight is 612 g/mol. The van der Waals surface area contributed by atoms with Gasteiger partial charge in [0, 0.05) is 6.07 Å². The number of rotatable bonds is 11. The van der Waals surface area contributed by atoms with Gasteiger partial charge in [0.25, 0.3) is 17.7 Å². The summed E-state index contributed by atoms with van der Waals surface area (Å²) in [7, 11) is 0. The van der Waals surface area contributed by atoms with Gasteiger partial charge in [-0.05, 0) is 61.4 Å². The molecule has 1 fully saturated rings. The first-order valence-corrected chi connectivity index (χ1v) is 13.7. The van der Waals surface area contributed by atoms with Gasteiger partial charge in [-0.2, -0.15) is 0 Å². The van der Waals surface area contributed by atoms with E-state index in [1.54, 1.807) is 43.3 Å². The van der Waals surface area contributed by atoms with Crippen molar-refractivity contribution < 1.29 is 33.4 Å². The van der Waals surface area contributed by atoms with Gasteiger partial charge in [-0.3, -0.25) is 19.7 Å². The summed E-state index contributed by atoms with van der Waals surface area (Å²) < 4.78 is 16.9. The molecule has 1 heterocycles. The van der Waals surface area contributed by atoms with E-state index in [1.165, 1.54) is 30.3 Å². The molecule has 10 nitrogen and oxygen atoms in total. The number of urea groups is 1. The summed E-state index contributed by atoms with van der Waals surface area (Å²) in [5.74, 6) is -1.11. The van der Waals surface area contributed by atoms with E-state index < -0.39 is 23.8 Å². The Balaban J connectivity index is 1.51. The van der Waals surface area contributed by atoms with E-state index in [-0.39, 0.29) is 28.6 Å². The normalized spacial score (nSPS) is 14.0. The first-order chi connectivity index (χ1) is 20.2. The third-order valence-electron chi connectivity index (χ3n) is 5.82. The van der Waals surface area contributed by atoms with E-state index in [0.29, 0.717) is 41.0 Å². The van der Waals surface area contributed by atoms with Crippen LogP contribution in [0.3, 0.4) is 0 Å². The second kappa shape index (κ2) is 13.9. The van der Waals surface area contributed by atoms with Crippen LogP contribution in [-0.4, -0.2) is 43.6 Å². The zero-order chi connectivity index (χ0) is 30.2. The maximum atomic E-state index is 13.4. The van der Waals surface area contributed by atoms with Gasteiger partial charge in [0.2, 0.25) is 0 Å². The average Bonchev–Trinajstić information content (AvgIpc) is 2.95. The molecule has 1 saturated heterocycles. The van der Waals surface area contributed by atoms with Crippen LogP contribution >= 0.6 is 23.2 Å². The molecule has 0 aromatic heterocycles. The number of amides is 5. The Kier molecular flexibility index (Phi) is 10.1. The van der Waals surface area contributed by atoms with Crippen LogP contribution in [0.2, 0.25) is 10.0 Å². The van der Waals surface area contributed by atoms with E-state index in [9.17, 15) is 19.2 Å². The van der Waals surface area contributed by atoms with Crippen molar-refractivity contribution in [2.24, 2.45) is 0 Å². The van der Waals surface area contributed by atoms with E-state index in [2.05, 4.69) is 10.6 Å². The number of ether oxygens (including phenoxy) is 3. The molecule has 0 radical (unpaired) electrons. The van der Waals surface area contributed by atoms with Gasteiger partial charge in [0.05, 0.1) is 34.6 Å². The lowest BCUT2D eigenvalue weighted by Crippen LogP contribution is -2.54. The molecule has 0 atom stereocenters. The summed E-state index contributed by atoms with van der Waals surface area (Å²) in [6, 6.07) is 15.0. The minimum Gasteiger partial charge on any atom is -0.490 e. The van der Waals surface area contributed by atoms with E-state index in [0.717, 1.165) is 11.3 Å². The van der Waals surface area contributed by atoms with Crippen LogP contribution in [0.25, 0.3) is 6.08 Å². The number of halogens is 2. The maximum absolute atomic E-state index is 13.4. The van der Waals surface area contributed by atoms with Crippen molar-refractivity contribution >= 4 is 64.4 Å². The van der Waals surface area contributed by atoms with Gasteiger partial charge in [0.1, 0.15) is 11.3 Å². The van der Waals surface area contributed by atoms with E-state index >= 15 is 0 Å². The quantitative estimate of drug-likeness (QED) is 0.205. The van der Waals surface area contributed by atoms with Crippen LogP contribution in [0.5, 0.6) is 17.2 Å². The molecule has 218 valence electrons. The summed E-state index contributed by atoms with van der Waals surface area (Å²) in [4.78, 5) is 51.8. The molecule has 3 aromatic rings. The molecular weight excluding hydrogens is 585 g/mol. The summed E-state index contributed by atoms with van der Waals surface area (Å²) in [6.45, 7) is 4.22. The number of nitrogens with one attached hydrogen (secondary N) is 2. The Morgan fingerprint density at radius 1 is 0.905 bits per heavy atom. The second-order valence-electron chi connectivity index (χ2n) is 8.88. The minimum absolute atomic E-state index is 0.135. The fraction of sp³-hybridized carbons (Fsp3) is 0.200. The highest BCUT2D eigenvalue weighted by atomic mass is 35.5. The predicted octanol–water partition coefficient (Wildman–Crippen LogP) is 5.86. The van der Waals surface area contributed by atoms with Crippen molar-refractivity contribution in [2.45, 2.75) is 20.3 Å². The number of carbonyl (C=O) groups excluding carboxylic acids is 4. The second-order valence-corrected chi connectivity index (χ2v) is 9.69. The fourth-order valence-corrected chi connectivity index (χ4v) is 4.34. The molecule has 2 N–H and O–H groups in total. The van der Waals surface area contributed by atoms with Crippen LogP contribution in [0.1, 0.15) is 25.8 Å². The van der Waals surface area contributed by atoms with Gasteiger partial charge in [0.15, 0.2) is 18.1 Å². The summed E-state index contributed by atoms with van der Waals surface area (Å²) in [6.07, 6.45) is 2.09. The first kappa shape index (κ1) is 30.4. The third-order valence-corrected chi connectivity index (χ3v) is 6.45. The van der Waals surface area contributed by atoms with Gasteiger partial charge >= 0.3 is 6.03 Å². The molecule has 0 saturated carbocycles. The number of carbonyl (C=O) groups is 4. The van der Waals surface area contributed by atoms with Crippen LogP contribution in [0, 0.1) is 0 Å². The van der Waals surface area contributed by atoms with E-state index in [4.69, 9.17) is 37.4 Å². The third kappa shape index (κ3) is 7.20. The molecule has 0 spiro atoms. The summed E-state index contributed by atoms with van der Waals surface area (Å²) in [5, 5.41) is 5.35. The lowest BCUT2D eigenvalue weighted by atomic mass is 10.1. The molecule has 12 heteroatoms. The van der Waals surface area contributed by atoms with Crippen LogP contribution in [-0.2, 0) is 14.4 Å². The van der Waals surface area contributed by atoms with Crippen molar-refractivity contribution in [3.63, 3.8) is 0 Å².